The van der Waals surface area contributed by atoms with Crippen LogP contribution in [0.3, 0.4) is 0 Å². The molecule has 0 aliphatic carbocycles. The van der Waals surface area contributed by atoms with Crippen LogP contribution >= 0.6 is 11.8 Å². The highest BCUT2D eigenvalue weighted by Crippen LogP contribution is 2.15. The molecule has 6 nitrogen and oxygen atoms in total. The first-order valence-corrected chi connectivity index (χ1v) is 6.94. The van der Waals surface area contributed by atoms with Gasteiger partial charge in [0.15, 0.2) is 0 Å². The van der Waals surface area contributed by atoms with E-state index in [0.717, 1.165) is 18.2 Å². The van der Waals surface area contributed by atoms with Crippen molar-refractivity contribution in [2.24, 2.45) is 0 Å². The first kappa shape index (κ1) is 14.8. The number of carbonyl (C=O) groups excluding carboxylic acids is 3. The number of thioether (sulfide) groups is 1. The number of amides is 2. The highest BCUT2D eigenvalue weighted by Gasteiger charge is 2.32. The number of hydrogen-bond acceptors (Lipinski definition) is 5. The molecule has 1 atom stereocenters. The summed E-state index contributed by atoms with van der Waals surface area (Å²) in [6.45, 7) is 4.36. The molecule has 0 radical (unpaired) electrons. The summed E-state index contributed by atoms with van der Waals surface area (Å²) in [6.07, 6.45) is 0.749. The Labute approximate surface area is 110 Å². The molecule has 1 aliphatic heterocycles. The smallest absolute Gasteiger partial charge is 0.325 e. The maximum atomic E-state index is 12.1. The van der Waals surface area contributed by atoms with Gasteiger partial charge in [0.25, 0.3) is 5.24 Å². The van der Waals surface area contributed by atoms with Gasteiger partial charge in [0.1, 0.15) is 12.6 Å². The molecule has 1 heterocycles. The second-order valence-corrected chi connectivity index (χ2v) is 4.85. The van der Waals surface area contributed by atoms with E-state index in [0.29, 0.717) is 18.9 Å². The molecule has 0 spiro atoms. The van der Waals surface area contributed by atoms with Crippen molar-refractivity contribution in [3.8, 4) is 0 Å². The van der Waals surface area contributed by atoms with Crippen molar-refractivity contribution in [2.45, 2.75) is 26.3 Å². The summed E-state index contributed by atoms with van der Waals surface area (Å²) in [5.74, 6) is -0.222. The Morgan fingerprint density at radius 3 is 2.72 bits per heavy atom. The highest BCUT2D eigenvalue weighted by molar-refractivity contribution is 8.14. The van der Waals surface area contributed by atoms with E-state index in [9.17, 15) is 14.4 Å². The topological polar surface area (TPSA) is 75.7 Å². The molecule has 7 heteroatoms. The molecule has 1 saturated heterocycles. The van der Waals surface area contributed by atoms with Crippen molar-refractivity contribution in [1.29, 1.82) is 0 Å². The fourth-order valence-electron chi connectivity index (χ4n) is 1.64. The average molecular weight is 274 g/mol. The molecule has 0 aromatic rings. The number of hydrogen-bond donors (Lipinski definition) is 1. The molecule has 0 saturated carbocycles. The first-order chi connectivity index (χ1) is 8.58. The van der Waals surface area contributed by atoms with E-state index in [-0.39, 0.29) is 17.7 Å². The third-order valence-corrected chi connectivity index (χ3v) is 3.28. The van der Waals surface area contributed by atoms with Crippen molar-refractivity contribution >= 4 is 28.9 Å². The molecule has 1 aliphatic rings. The Balaban J connectivity index is 2.57. The molecule has 1 N–H and O–H groups in total. The van der Waals surface area contributed by atoms with Crippen molar-refractivity contribution in [2.75, 3.05) is 25.4 Å². The van der Waals surface area contributed by atoms with E-state index in [1.807, 2.05) is 6.92 Å². The number of carbonyl (C=O) groups is 3. The Morgan fingerprint density at radius 1 is 1.50 bits per heavy atom. The zero-order valence-corrected chi connectivity index (χ0v) is 11.4. The van der Waals surface area contributed by atoms with Crippen LogP contribution in [0.4, 0.5) is 4.79 Å². The fourth-order valence-corrected chi connectivity index (χ4v) is 2.41. The summed E-state index contributed by atoms with van der Waals surface area (Å²) < 4.78 is 4.83. The lowest BCUT2D eigenvalue weighted by molar-refractivity contribution is -0.149. The van der Waals surface area contributed by atoms with Gasteiger partial charge in [0.2, 0.25) is 5.91 Å². The summed E-state index contributed by atoms with van der Waals surface area (Å²) in [5.41, 5.74) is 0. The van der Waals surface area contributed by atoms with E-state index in [1.165, 1.54) is 4.90 Å². The van der Waals surface area contributed by atoms with Crippen LogP contribution in [0.1, 0.15) is 20.3 Å². The van der Waals surface area contributed by atoms with Crippen LogP contribution in [0, 0.1) is 0 Å². The Kier molecular flexibility index (Phi) is 5.97. The third-order valence-electron chi connectivity index (χ3n) is 2.40. The molecule has 0 aromatic carbocycles. The second-order valence-electron chi connectivity index (χ2n) is 3.86. The summed E-state index contributed by atoms with van der Waals surface area (Å²) in [4.78, 5) is 36.0. The van der Waals surface area contributed by atoms with Gasteiger partial charge in [-0.1, -0.05) is 18.7 Å². The molecule has 1 fully saturated rings. The molecular formula is C11H18N2O4S. The monoisotopic (exact) mass is 274 g/mol. The minimum Gasteiger partial charge on any atom is -0.465 e. The van der Waals surface area contributed by atoms with E-state index >= 15 is 0 Å². The van der Waals surface area contributed by atoms with Gasteiger partial charge in [-0.2, -0.15) is 0 Å². The maximum absolute atomic E-state index is 12.1. The van der Waals surface area contributed by atoms with Crippen LogP contribution in [0.15, 0.2) is 0 Å². The van der Waals surface area contributed by atoms with E-state index < -0.39 is 12.0 Å². The van der Waals surface area contributed by atoms with Gasteiger partial charge in [-0.15, -0.1) is 0 Å². The van der Waals surface area contributed by atoms with Gasteiger partial charge in [-0.05, 0) is 13.3 Å². The van der Waals surface area contributed by atoms with E-state index in [4.69, 9.17) is 4.74 Å². The quantitative estimate of drug-likeness (QED) is 0.718. The number of nitrogens with one attached hydrogen (secondary N) is 1. The molecule has 1 rings (SSSR count). The van der Waals surface area contributed by atoms with Crippen LogP contribution in [-0.4, -0.2) is 53.5 Å². The van der Waals surface area contributed by atoms with E-state index in [2.05, 4.69) is 5.32 Å². The summed E-state index contributed by atoms with van der Waals surface area (Å²) in [5, 5.41) is 2.38. The zero-order valence-electron chi connectivity index (χ0n) is 10.6. The molecule has 1 unspecified atom stereocenters. The van der Waals surface area contributed by atoms with Gasteiger partial charge in [0.05, 0.1) is 6.61 Å². The van der Waals surface area contributed by atoms with E-state index in [1.54, 1.807) is 6.92 Å². The molecular weight excluding hydrogens is 256 g/mol. The van der Waals surface area contributed by atoms with Crippen LogP contribution in [0.25, 0.3) is 0 Å². The Bertz CT molecular complexity index is 335. The lowest BCUT2D eigenvalue weighted by Gasteiger charge is -2.23. The maximum Gasteiger partial charge on any atom is 0.325 e. The standard InChI is InChI=1S/C11H18N2O4S/c1-3-5-13(6-9(14)17-4-2)10(15)8-7-18-11(16)12-8/h8H,3-7H2,1-2H3,(H,12,16). The van der Waals surface area contributed by atoms with Crippen LogP contribution in [-0.2, 0) is 14.3 Å². The number of ether oxygens (including phenoxy) is 1. The van der Waals surface area contributed by atoms with Crippen molar-refractivity contribution < 1.29 is 19.1 Å². The Morgan fingerprint density at radius 2 is 2.22 bits per heavy atom. The average Bonchev–Trinajstić information content (AvgIpc) is 2.75. The fraction of sp³-hybridized carbons (Fsp3) is 0.727. The molecule has 18 heavy (non-hydrogen) atoms. The predicted octanol–water partition coefficient (Wildman–Crippen LogP) is 0.613. The molecule has 0 bridgehead atoms. The lowest BCUT2D eigenvalue weighted by atomic mass is 10.2. The number of esters is 1. The molecule has 2 amide bonds. The lowest BCUT2D eigenvalue weighted by Crippen LogP contribution is -2.47. The van der Waals surface area contributed by atoms with Crippen molar-refractivity contribution in [3.63, 3.8) is 0 Å². The predicted molar refractivity (Wildman–Crippen MR) is 68.3 cm³/mol. The second kappa shape index (κ2) is 7.25. The van der Waals surface area contributed by atoms with Crippen LogP contribution in [0.5, 0.6) is 0 Å². The summed E-state index contributed by atoms with van der Waals surface area (Å²) >= 11 is 1.08. The summed E-state index contributed by atoms with van der Waals surface area (Å²) in [7, 11) is 0. The normalized spacial score (nSPS) is 18.3. The molecule has 0 aromatic heterocycles. The first-order valence-electron chi connectivity index (χ1n) is 5.96. The van der Waals surface area contributed by atoms with Gasteiger partial charge < -0.3 is 15.0 Å². The Hall–Kier alpha value is -1.24. The van der Waals surface area contributed by atoms with Crippen LogP contribution < -0.4 is 5.32 Å². The third kappa shape index (κ3) is 4.21. The number of nitrogens with zero attached hydrogens (tertiary/aromatic N) is 1. The van der Waals surface area contributed by atoms with Crippen molar-refractivity contribution in [1.82, 2.24) is 10.2 Å². The van der Waals surface area contributed by atoms with Crippen molar-refractivity contribution in [3.05, 3.63) is 0 Å². The zero-order chi connectivity index (χ0) is 13.5. The summed E-state index contributed by atoms with van der Waals surface area (Å²) in [6, 6.07) is -0.525. The highest BCUT2D eigenvalue weighted by atomic mass is 32.2. The van der Waals surface area contributed by atoms with Gasteiger partial charge >= 0.3 is 5.97 Å². The van der Waals surface area contributed by atoms with Gasteiger partial charge in [-0.25, -0.2) is 0 Å². The van der Waals surface area contributed by atoms with Gasteiger partial charge in [0, 0.05) is 12.3 Å². The minimum absolute atomic E-state index is 0.0580. The largest absolute Gasteiger partial charge is 0.465 e. The minimum atomic E-state index is -0.525. The van der Waals surface area contributed by atoms with Crippen LogP contribution in [0.2, 0.25) is 0 Å². The SMILES string of the molecule is CCCN(CC(=O)OCC)C(=O)C1CSC(=O)N1. The number of rotatable bonds is 6. The van der Waals surface area contributed by atoms with Gasteiger partial charge in [-0.3, -0.25) is 14.4 Å². The molecule has 102 valence electrons.